The van der Waals surface area contributed by atoms with E-state index in [0.717, 1.165) is 50.5 Å². The summed E-state index contributed by atoms with van der Waals surface area (Å²) in [5.74, 6) is -1.02. The highest BCUT2D eigenvalue weighted by Crippen LogP contribution is 2.49. The van der Waals surface area contributed by atoms with Gasteiger partial charge in [0, 0.05) is 6.42 Å². The molecule has 3 atom stereocenters. The first-order valence-electron chi connectivity index (χ1n) is 13.9. The molecular formula is C29H49NO5. The second-order valence-electron chi connectivity index (χ2n) is 11.9. The molecule has 2 aliphatic carbocycles. The van der Waals surface area contributed by atoms with Crippen molar-refractivity contribution in [2.24, 2.45) is 10.8 Å². The third kappa shape index (κ3) is 8.73. The molecule has 6 nitrogen and oxygen atoms in total. The molecule has 2 aliphatic rings. The second kappa shape index (κ2) is 13.6. The molecule has 1 fully saturated rings. The Morgan fingerprint density at radius 1 is 1.06 bits per heavy atom. The zero-order chi connectivity index (χ0) is 26.1. The highest BCUT2D eigenvalue weighted by molar-refractivity contribution is 6.01. The molecule has 35 heavy (non-hydrogen) atoms. The van der Waals surface area contributed by atoms with Gasteiger partial charge in [0.15, 0.2) is 11.9 Å². The van der Waals surface area contributed by atoms with Crippen molar-refractivity contribution in [3.05, 3.63) is 11.1 Å². The van der Waals surface area contributed by atoms with Crippen LogP contribution in [-0.4, -0.2) is 29.9 Å². The maximum Gasteiger partial charge on any atom is 0.330 e. The predicted octanol–water partition coefficient (Wildman–Crippen LogP) is 6.76. The maximum absolute atomic E-state index is 13.2. The van der Waals surface area contributed by atoms with Gasteiger partial charge in [-0.15, -0.1) is 5.48 Å². The molecule has 0 saturated heterocycles. The van der Waals surface area contributed by atoms with E-state index in [-0.39, 0.29) is 11.2 Å². The normalized spacial score (nSPS) is 23.6. The number of hydrogen-bond acceptors (Lipinski definition) is 6. The number of esters is 1. The van der Waals surface area contributed by atoms with Gasteiger partial charge in [0.2, 0.25) is 0 Å². The van der Waals surface area contributed by atoms with Gasteiger partial charge in [-0.05, 0) is 64.4 Å². The molecule has 6 heteroatoms. The summed E-state index contributed by atoms with van der Waals surface area (Å²) in [5, 5.41) is 0. The van der Waals surface area contributed by atoms with Gasteiger partial charge < -0.3 is 9.57 Å². The standard InChI is InChI=1S/C29H49NO5/c1-7-8-9-10-11-12-13-14-18-23(30-35-27(33)28(3,4)5)26(32)34-24-20-29(6)19-16-15-17-22(29)21(2)25(24)31/h23-24,30H,7-20H2,1-6H3/t23?,24-,29+/m1/s1. The van der Waals surface area contributed by atoms with Crippen LogP contribution in [0.2, 0.25) is 0 Å². The average molecular weight is 492 g/mol. The van der Waals surface area contributed by atoms with Crippen molar-refractivity contribution in [3.63, 3.8) is 0 Å². The third-order valence-electron chi connectivity index (χ3n) is 7.68. The molecule has 0 aromatic rings. The number of nitrogens with one attached hydrogen (secondary N) is 1. The van der Waals surface area contributed by atoms with Crippen molar-refractivity contribution < 1.29 is 24.0 Å². The lowest BCUT2D eigenvalue weighted by atomic mass is 9.63. The van der Waals surface area contributed by atoms with Crippen molar-refractivity contribution in [1.29, 1.82) is 0 Å². The molecule has 0 aromatic carbocycles. The maximum atomic E-state index is 13.2. The molecule has 1 N–H and O–H groups in total. The number of carbonyl (C=O) groups is 3. The number of carbonyl (C=O) groups excluding carboxylic acids is 3. The predicted molar refractivity (Wildman–Crippen MR) is 138 cm³/mol. The van der Waals surface area contributed by atoms with E-state index < -0.39 is 29.5 Å². The first-order chi connectivity index (χ1) is 16.5. The summed E-state index contributed by atoms with van der Waals surface area (Å²) < 4.78 is 5.81. The lowest BCUT2D eigenvalue weighted by molar-refractivity contribution is -0.171. The molecule has 200 valence electrons. The topological polar surface area (TPSA) is 81.7 Å². The minimum absolute atomic E-state index is 0.0785. The summed E-state index contributed by atoms with van der Waals surface area (Å²) in [7, 11) is 0. The Labute approximate surface area is 212 Å². The Morgan fingerprint density at radius 3 is 2.31 bits per heavy atom. The highest BCUT2D eigenvalue weighted by Gasteiger charge is 2.44. The molecule has 1 unspecified atom stereocenters. The molecular weight excluding hydrogens is 442 g/mol. The van der Waals surface area contributed by atoms with E-state index in [0.29, 0.717) is 12.8 Å². The zero-order valence-corrected chi connectivity index (χ0v) is 23.1. The molecule has 0 bridgehead atoms. The zero-order valence-electron chi connectivity index (χ0n) is 23.1. The van der Waals surface area contributed by atoms with Crippen LogP contribution in [0.5, 0.6) is 0 Å². The van der Waals surface area contributed by atoms with E-state index in [1.807, 2.05) is 6.92 Å². The fourth-order valence-electron chi connectivity index (χ4n) is 5.33. The Hall–Kier alpha value is -1.69. The number of ketones is 1. The van der Waals surface area contributed by atoms with E-state index in [9.17, 15) is 14.4 Å². The van der Waals surface area contributed by atoms with Crippen LogP contribution in [0.15, 0.2) is 11.1 Å². The number of fused-ring (bicyclic) bond motifs is 1. The summed E-state index contributed by atoms with van der Waals surface area (Å²) in [6.45, 7) is 11.6. The SMILES string of the molecule is CCCCCCCCCCC(NOC(=O)C(C)(C)C)C(=O)O[C@@H]1C[C@]2(C)CCCCC2=C(C)C1=O. The lowest BCUT2D eigenvalue weighted by Gasteiger charge is -2.43. The van der Waals surface area contributed by atoms with E-state index in [4.69, 9.17) is 9.57 Å². The number of ether oxygens (including phenoxy) is 1. The van der Waals surface area contributed by atoms with Crippen molar-refractivity contribution in [2.45, 2.75) is 144 Å². The number of hydroxylamine groups is 1. The largest absolute Gasteiger partial charge is 0.453 e. The quantitative estimate of drug-likeness (QED) is 0.174. The summed E-state index contributed by atoms with van der Waals surface area (Å²) >= 11 is 0. The van der Waals surface area contributed by atoms with E-state index in [2.05, 4.69) is 19.3 Å². The minimum atomic E-state index is -0.779. The average Bonchev–Trinajstić information content (AvgIpc) is 2.79. The van der Waals surface area contributed by atoms with Gasteiger partial charge in [-0.25, -0.2) is 4.79 Å². The molecule has 1 saturated carbocycles. The monoisotopic (exact) mass is 491 g/mol. The highest BCUT2D eigenvalue weighted by atomic mass is 16.7. The fraction of sp³-hybridized carbons (Fsp3) is 0.828. The second-order valence-corrected chi connectivity index (χ2v) is 11.9. The van der Waals surface area contributed by atoms with E-state index >= 15 is 0 Å². The van der Waals surface area contributed by atoms with Crippen LogP contribution in [0.1, 0.15) is 131 Å². The molecule has 0 heterocycles. The lowest BCUT2D eigenvalue weighted by Crippen LogP contribution is -2.46. The molecule has 0 spiro atoms. The summed E-state index contributed by atoms with van der Waals surface area (Å²) in [6, 6.07) is -0.779. The van der Waals surface area contributed by atoms with Crippen molar-refractivity contribution >= 4 is 17.7 Å². The third-order valence-corrected chi connectivity index (χ3v) is 7.68. The van der Waals surface area contributed by atoms with Crippen molar-refractivity contribution in [3.8, 4) is 0 Å². The van der Waals surface area contributed by atoms with E-state index in [1.165, 1.54) is 37.7 Å². The first-order valence-corrected chi connectivity index (χ1v) is 13.9. The van der Waals surface area contributed by atoms with Crippen molar-refractivity contribution in [2.75, 3.05) is 0 Å². The van der Waals surface area contributed by atoms with Crippen LogP contribution in [0, 0.1) is 10.8 Å². The van der Waals surface area contributed by atoms with Gasteiger partial charge in [-0.3, -0.25) is 9.59 Å². The first kappa shape index (κ1) is 29.5. The number of hydrogen-bond donors (Lipinski definition) is 1. The van der Waals surface area contributed by atoms with Crippen molar-refractivity contribution in [1.82, 2.24) is 5.48 Å². The molecule has 0 radical (unpaired) electrons. The fourth-order valence-corrected chi connectivity index (χ4v) is 5.33. The molecule has 0 amide bonds. The van der Waals surface area contributed by atoms with Gasteiger partial charge in [0.05, 0.1) is 5.41 Å². The molecule has 2 rings (SSSR count). The van der Waals surface area contributed by atoms with Crippen LogP contribution in [0.4, 0.5) is 0 Å². The van der Waals surface area contributed by atoms with E-state index in [1.54, 1.807) is 20.8 Å². The summed E-state index contributed by atoms with van der Waals surface area (Å²) in [6.07, 6.45) is 13.7. The Kier molecular flexibility index (Phi) is 11.5. The van der Waals surface area contributed by atoms with Crippen LogP contribution < -0.4 is 5.48 Å². The van der Waals surface area contributed by atoms with Crippen LogP contribution in [0.25, 0.3) is 0 Å². The number of Topliss-reactive ketones (excluding diaryl/α,β-unsaturated/α-hetero) is 1. The smallest absolute Gasteiger partial charge is 0.330 e. The van der Waals surface area contributed by atoms with Gasteiger partial charge in [-0.1, -0.05) is 77.2 Å². The van der Waals surface area contributed by atoms with Crippen LogP contribution >= 0.6 is 0 Å². The Balaban J connectivity index is 1.98. The number of allylic oxidation sites excluding steroid dienone is 1. The van der Waals surface area contributed by atoms with Crippen LogP contribution in [0.3, 0.4) is 0 Å². The van der Waals surface area contributed by atoms with Crippen LogP contribution in [-0.2, 0) is 24.0 Å². The van der Waals surface area contributed by atoms with Gasteiger partial charge in [0.25, 0.3) is 0 Å². The summed E-state index contributed by atoms with van der Waals surface area (Å²) in [4.78, 5) is 43.8. The van der Waals surface area contributed by atoms with Gasteiger partial charge in [0.1, 0.15) is 6.04 Å². The van der Waals surface area contributed by atoms with Gasteiger partial charge in [-0.2, -0.15) is 0 Å². The molecule has 0 aromatic heterocycles. The summed E-state index contributed by atoms with van der Waals surface area (Å²) in [5.41, 5.74) is 3.92. The minimum Gasteiger partial charge on any atom is -0.453 e. The molecule has 0 aliphatic heterocycles. The van der Waals surface area contributed by atoms with Gasteiger partial charge >= 0.3 is 11.9 Å². The Bertz CT molecular complexity index is 766. The number of rotatable bonds is 13. The Morgan fingerprint density at radius 2 is 1.69 bits per heavy atom. The number of unbranched alkanes of at least 4 members (excludes halogenated alkanes) is 7.